The van der Waals surface area contributed by atoms with Gasteiger partial charge >= 0.3 is 0 Å². The predicted octanol–water partition coefficient (Wildman–Crippen LogP) is 6.27. The molecule has 192 valence electrons. The van der Waals surface area contributed by atoms with Crippen LogP contribution >= 0.6 is 15.9 Å². The van der Waals surface area contributed by atoms with E-state index in [2.05, 4.69) is 40.0 Å². The van der Waals surface area contributed by atoms with Gasteiger partial charge in [0.1, 0.15) is 11.6 Å². The van der Waals surface area contributed by atoms with Gasteiger partial charge in [0.2, 0.25) is 5.91 Å². The first kappa shape index (κ1) is 26.5. The molecule has 37 heavy (non-hydrogen) atoms. The number of piperazine rings is 1. The highest BCUT2D eigenvalue weighted by molar-refractivity contribution is 9.10. The highest BCUT2D eigenvalue weighted by atomic mass is 79.9. The topological polar surface area (TPSA) is 61.6 Å². The second kappa shape index (κ2) is 12.1. The van der Waals surface area contributed by atoms with Crippen molar-refractivity contribution in [2.75, 3.05) is 25.0 Å². The molecule has 0 aliphatic carbocycles. The molecule has 1 aliphatic heterocycles. The van der Waals surface area contributed by atoms with Gasteiger partial charge in [-0.25, -0.2) is 4.39 Å². The number of halogens is 2. The molecule has 3 aromatic carbocycles. The molecule has 3 N–H and O–H groups in total. The summed E-state index contributed by atoms with van der Waals surface area (Å²) in [5.41, 5.74) is 11.8. The summed E-state index contributed by atoms with van der Waals surface area (Å²) in [6, 6.07) is 22.3. The third-order valence-electron chi connectivity index (χ3n) is 6.47. The van der Waals surface area contributed by atoms with Crippen LogP contribution in [0.25, 0.3) is 5.70 Å². The van der Waals surface area contributed by atoms with Gasteiger partial charge in [-0.3, -0.25) is 4.79 Å². The Kier molecular flexibility index (Phi) is 8.66. The van der Waals surface area contributed by atoms with Crippen LogP contribution in [0.5, 0.6) is 0 Å². The van der Waals surface area contributed by atoms with Gasteiger partial charge in [0.15, 0.2) is 0 Å². The minimum atomic E-state index is -0.318. The Hall–Kier alpha value is -3.58. The molecule has 0 spiro atoms. The molecule has 0 unspecified atom stereocenters. The minimum absolute atomic E-state index is 0.126. The molecule has 0 radical (unpaired) electrons. The summed E-state index contributed by atoms with van der Waals surface area (Å²) < 4.78 is 14.6. The highest BCUT2D eigenvalue weighted by Crippen LogP contribution is 2.26. The van der Waals surface area contributed by atoms with Crippen molar-refractivity contribution < 1.29 is 9.18 Å². The molecule has 0 saturated carbocycles. The number of hydrogen-bond donors (Lipinski definition) is 2. The van der Waals surface area contributed by atoms with Crippen LogP contribution in [0.1, 0.15) is 29.5 Å². The van der Waals surface area contributed by atoms with Crippen LogP contribution in [-0.2, 0) is 11.2 Å². The van der Waals surface area contributed by atoms with Gasteiger partial charge in [0, 0.05) is 40.9 Å². The normalized spacial score (nSPS) is 14.4. The van der Waals surface area contributed by atoms with Crippen LogP contribution in [0, 0.1) is 12.7 Å². The van der Waals surface area contributed by atoms with Crippen molar-refractivity contribution in [3.05, 3.63) is 118 Å². The van der Waals surface area contributed by atoms with Crippen LogP contribution < -0.4 is 11.1 Å². The zero-order valence-electron chi connectivity index (χ0n) is 21.0. The molecule has 0 atom stereocenters. The quantitative estimate of drug-likeness (QED) is 0.339. The first-order valence-electron chi connectivity index (χ1n) is 12.4. The Morgan fingerprint density at radius 1 is 1.03 bits per heavy atom. The van der Waals surface area contributed by atoms with E-state index >= 15 is 0 Å². The number of nitrogens with zero attached hydrogens (tertiary/aromatic N) is 2. The lowest BCUT2D eigenvalue weighted by molar-refractivity contribution is -0.132. The van der Waals surface area contributed by atoms with Crippen molar-refractivity contribution in [2.24, 2.45) is 5.73 Å². The molecule has 1 amide bonds. The summed E-state index contributed by atoms with van der Waals surface area (Å²) in [5, 5.41) is 3.44. The van der Waals surface area contributed by atoms with Crippen LogP contribution in [0.15, 0.2) is 95.4 Å². The molecule has 1 heterocycles. The van der Waals surface area contributed by atoms with E-state index in [0.717, 1.165) is 34.3 Å². The first-order chi connectivity index (χ1) is 17.8. The fraction of sp³-hybridized carbons (Fsp3) is 0.233. The van der Waals surface area contributed by atoms with Gasteiger partial charge in [0.05, 0.1) is 12.2 Å². The molecule has 0 bridgehead atoms. The van der Waals surface area contributed by atoms with Crippen LogP contribution in [0.3, 0.4) is 0 Å². The third-order valence-corrected chi connectivity index (χ3v) is 6.99. The maximum Gasteiger partial charge on any atom is 0.222 e. The van der Waals surface area contributed by atoms with E-state index in [0.29, 0.717) is 43.1 Å². The van der Waals surface area contributed by atoms with E-state index in [9.17, 15) is 9.18 Å². The van der Waals surface area contributed by atoms with Gasteiger partial charge < -0.3 is 20.9 Å². The zero-order valence-corrected chi connectivity index (χ0v) is 22.6. The second-order valence-electron chi connectivity index (χ2n) is 9.27. The summed E-state index contributed by atoms with van der Waals surface area (Å²) >= 11 is 3.45. The van der Waals surface area contributed by atoms with Gasteiger partial charge in [-0.05, 0) is 73.9 Å². The summed E-state index contributed by atoms with van der Waals surface area (Å²) in [4.78, 5) is 16.8. The van der Waals surface area contributed by atoms with Gasteiger partial charge in [-0.1, -0.05) is 52.3 Å². The number of amides is 1. The highest BCUT2D eigenvalue weighted by Gasteiger charge is 2.27. The van der Waals surface area contributed by atoms with E-state index in [4.69, 9.17) is 5.73 Å². The average molecular weight is 564 g/mol. The molecule has 3 aromatic rings. The van der Waals surface area contributed by atoms with E-state index < -0.39 is 0 Å². The Balaban J connectivity index is 1.45. The van der Waals surface area contributed by atoms with E-state index in [1.54, 1.807) is 12.1 Å². The van der Waals surface area contributed by atoms with Crippen molar-refractivity contribution in [1.82, 2.24) is 9.80 Å². The number of anilines is 1. The lowest BCUT2D eigenvalue weighted by Gasteiger charge is -2.39. The van der Waals surface area contributed by atoms with Gasteiger partial charge in [-0.2, -0.15) is 0 Å². The van der Waals surface area contributed by atoms with Gasteiger partial charge in [0.25, 0.3) is 0 Å². The number of aryl methyl sites for hydroxylation is 2. The third kappa shape index (κ3) is 7.01. The lowest BCUT2D eigenvalue weighted by Crippen LogP contribution is -2.47. The summed E-state index contributed by atoms with van der Waals surface area (Å²) in [6.07, 6.45) is 2.15. The fourth-order valence-corrected chi connectivity index (χ4v) is 4.58. The van der Waals surface area contributed by atoms with Gasteiger partial charge in [-0.15, -0.1) is 0 Å². The standard InChI is InChI=1S/C30H32BrFN4O/c1-21-6-16-27(17-7-21)34-30(29(33)24-10-14-26(32)15-11-24)36-19-18-35(20-22(36)2)28(37)5-3-4-23-8-12-25(31)13-9-23/h6-17,34H,2-5,18-20,33H2,1H3/b30-29-. The fourth-order valence-electron chi connectivity index (χ4n) is 4.32. The SMILES string of the molecule is C=C1CN(C(=O)CCCc2ccc(Br)cc2)CCN1/C(Nc1ccc(C)cc1)=C(\N)c1ccc(F)cc1. The van der Waals surface area contributed by atoms with E-state index in [1.807, 2.05) is 53.1 Å². The second-order valence-corrected chi connectivity index (χ2v) is 10.2. The number of benzene rings is 3. The van der Waals surface area contributed by atoms with Crippen molar-refractivity contribution in [3.8, 4) is 0 Å². The first-order valence-corrected chi connectivity index (χ1v) is 13.2. The number of carbonyl (C=O) groups excluding carboxylic acids is 1. The maximum absolute atomic E-state index is 13.5. The summed E-state index contributed by atoms with van der Waals surface area (Å²) in [5.74, 6) is 0.477. The molecule has 7 heteroatoms. The Morgan fingerprint density at radius 2 is 1.70 bits per heavy atom. The number of nitrogens with two attached hydrogens (primary N) is 1. The predicted molar refractivity (Wildman–Crippen MR) is 152 cm³/mol. The Bertz CT molecular complexity index is 1270. The monoisotopic (exact) mass is 562 g/mol. The van der Waals surface area contributed by atoms with Crippen molar-refractivity contribution in [2.45, 2.75) is 26.2 Å². The molecule has 0 aromatic heterocycles. The molecular formula is C30H32BrFN4O. The lowest BCUT2D eigenvalue weighted by atomic mass is 10.1. The van der Waals surface area contributed by atoms with Crippen molar-refractivity contribution in [3.63, 3.8) is 0 Å². The number of rotatable bonds is 8. The van der Waals surface area contributed by atoms with Crippen molar-refractivity contribution in [1.29, 1.82) is 0 Å². The number of nitrogens with one attached hydrogen (secondary N) is 1. The van der Waals surface area contributed by atoms with E-state index in [1.165, 1.54) is 17.7 Å². The molecule has 4 rings (SSSR count). The summed E-state index contributed by atoms with van der Waals surface area (Å²) in [7, 11) is 0. The minimum Gasteiger partial charge on any atom is -0.395 e. The summed E-state index contributed by atoms with van der Waals surface area (Å²) in [6.45, 7) is 7.84. The zero-order chi connectivity index (χ0) is 26.4. The average Bonchev–Trinajstić information content (AvgIpc) is 2.90. The largest absolute Gasteiger partial charge is 0.395 e. The van der Waals surface area contributed by atoms with Crippen LogP contribution in [0.4, 0.5) is 10.1 Å². The smallest absolute Gasteiger partial charge is 0.222 e. The molecule has 1 aliphatic rings. The number of hydrogen-bond acceptors (Lipinski definition) is 4. The Labute approximate surface area is 226 Å². The van der Waals surface area contributed by atoms with E-state index in [-0.39, 0.29) is 11.7 Å². The molecule has 1 saturated heterocycles. The van der Waals surface area contributed by atoms with Crippen LogP contribution in [0.2, 0.25) is 0 Å². The maximum atomic E-state index is 13.5. The molecule has 5 nitrogen and oxygen atoms in total. The molecule has 1 fully saturated rings. The van der Waals surface area contributed by atoms with Crippen LogP contribution in [-0.4, -0.2) is 35.3 Å². The molecular weight excluding hydrogens is 531 g/mol. The Morgan fingerprint density at radius 3 is 2.35 bits per heavy atom. The van der Waals surface area contributed by atoms with Crippen molar-refractivity contribution >= 4 is 33.2 Å². The number of carbonyl (C=O) groups is 1.